The standard InChI is InChI=1S/C13H20N4O2/c1-2-14-9-11-5-7-16(8-6-11)13-4-3-12(10-15-13)17(18)19/h3-4,10-11,14H,2,5-9H2,1H3. The minimum atomic E-state index is -0.417. The molecule has 1 fully saturated rings. The van der Waals surface area contributed by atoms with Gasteiger partial charge in [0.15, 0.2) is 0 Å². The highest BCUT2D eigenvalue weighted by molar-refractivity contribution is 5.43. The molecular formula is C13H20N4O2. The molecule has 0 unspecified atom stereocenters. The zero-order chi connectivity index (χ0) is 13.7. The Kier molecular flexibility index (Phi) is 4.68. The van der Waals surface area contributed by atoms with Crippen LogP contribution in [0.15, 0.2) is 18.3 Å². The summed E-state index contributed by atoms with van der Waals surface area (Å²) < 4.78 is 0. The fraction of sp³-hybridized carbons (Fsp3) is 0.615. The molecule has 2 rings (SSSR count). The van der Waals surface area contributed by atoms with E-state index in [-0.39, 0.29) is 5.69 Å². The van der Waals surface area contributed by atoms with Gasteiger partial charge in [-0.25, -0.2) is 4.98 Å². The van der Waals surface area contributed by atoms with E-state index in [2.05, 4.69) is 22.1 Å². The first kappa shape index (κ1) is 13.7. The van der Waals surface area contributed by atoms with Crippen LogP contribution in [0.1, 0.15) is 19.8 Å². The van der Waals surface area contributed by atoms with E-state index in [1.54, 1.807) is 6.07 Å². The molecule has 0 saturated carbocycles. The molecule has 1 aliphatic heterocycles. The van der Waals surface area contributed by atoms with Gasteiger partial charge in [0.2, 0.25) is 0 Å². The summed E-state index contributed by atoms with van der Waals surface area (Å²) in [5.41, 5.74) is 0.0470. The molecule has 1 N–H and O–H groups in total. The van der Waals surface area contributed by atoms with Crippen molar-refractivity contribution in [1.82, 2.24) is 10.3 Å². The van der Waals surface area contributed by atoms with Gasteiger partial charge in [0.25, 0.3) is 5.69 Å². The molecule has 0 aliphatic carbocycles. The second-order valence-electron chi connectivity index (χ2n) is 4.87. The van der Waals surface area contributed by atoms with Gasteiger partial charge in [0.1, 0.15) is 12.0 Å². The van der Waals surface area contributed by atoms with Crippen molar-refractivity contribution in [3.63, 3.8) is 0 Å². The van der Waals surface area contributed by atoms with Crippen molar-refractivity contribution in [2.75, 3.05) is 31.1 Å². The summed E-state index contributed by atoms with van der Waals surface area (Å²) in [6.45, 7) is 6.17. The van der Waals surface area contributed by atoms with Crippen molar-refractivity contribution >= 4 is 11.5 Å². The number of nitrogens with zero attached hydrogens (tertiary/aromatic N) is 3. The molecule has 0 spiro atoms. The Morgan fingerprint density at radius 3 is 2.74 bits per heavy atom. The zero-order valence-electron chi connectivity index (χ0n) is 11.2. The Labute approximate surface area is 113 Å². The van der Waals surface area contributed by atoms with Crippen LogP contribution in [0.3, 0.4) is 0 Å². The first-order chi connectivity index (χ1) is 9.20. The molecule has 2 heterocycles. The van der Waals surface area contributed by atoms with E-state index in [9.17, 15) is 10.1 Å². The van der Waals surface area contributed by atoms with Crippen LogP contribution in [0, 0.1) is 16.0 Å². The average molecular weight is 264 g/mol. The van der Waals surface area contributed by atoms with Crippen LogP contribution in [0.4, 0.5) is 11.5 Å². The van der Waals surface area contributed by atoms with Gasteiger partial charge in [-0.15, -0.1) is 0 Å². The first-order valence-corrected chi connectivity index (χ1v) is 6.76. The van der Waals surface area contributed by atoms with Gasteiger partial charge >= 0.3 is 0 Å². The summed E-state index contributed by atoms with van der Waals surface area (Å²) in [6.07, 6.45) is 3.62. The van der Waals surface area contributed by atoms with Gasteiger partial charge in [-0.1, -0.05) is 6.92 Å². The number of nitrogens with one attached hydrogen (secondary N) is 1. The third-order valence-corrected chi connectivity index (χ3v) is 3.56. The molecule has 0 amide bonds. The lowest BCUT2D eigenvalue weighted by molar-refractivity contribution is -0.385. The zero-order valence-corrected chi connectivity index (χ0v) is 11.2. The van der Waals surface area contributed by atoms with E-state index >= 15 is 0 Å². The molecule has 0 radical (unpaired) electrons. The van der Waals surface area contributed by atoms with Crippen molar-refractivity contribution in [3.05, 3.63) is 28.4 Å². The number of anilines is 1. The van der Waals surface area contributed by atoms with E-state index in [1.807, 2.05) is 0 Å². The Hall–Kier alpha value is -1.69. The maximum absolute atomic E-state index is 10.6. The van der Waals surface area contributed by atoms with Crippen molar-refractivity contribution in [3.8, 4) is 0 Å². The number of rotatable bonds is 5. The highest BCUT2D eigenvalue weighted by atomic mass is 16.6. The summed E-state index contributed by atoms with van der Waals surface area (Å²) in [7, 11) is 0. The van der Waals surface area contributed by atoms with Crippen LogP contribution < -0.4 is 10.2 Å². The summed E-state index contributed by atoms with van der Waals surface area (Å²) >= 11 is 0. The van der Waals surface area contributed by atoms with Gasteiger partial charge in [-0.3, -0.25) is 10.1 Å². The van der Waals surface area contributed by atoms with Gasteiger partial charge in [-0.2, -0.15) is 0 Å². The number of aromatic nitrogens is 1. The summed E-state index contributed by atoms with van der Waals surface area (Å²) in [5, 5.41) is 14.0. The lowest BCUT2D eigenvalue weighted by atomic mass is 9.97. The molecule has 1 aliphatic rings. The Morgan fingerprint density at radius 1 is 1.47 bits per heavy atom. The van der Waals surface area contributed by atoms with Crippen molar-refractivity contribution in [2.24, 2.45) is 5.92 Å². The molecule has 1 aromatic heterocycles. The number of piperidine rings is 1. The van der Waals surface area contributed by atoms with E-state index in [1.165, 1.54) is 12.3 Å². The molecule has 0 atom stereocenters. The van der Waals surface area contributed by atoms with Gasteiger partial charge in [0.05, 0.1) is 4.92 Å². The molecule has 6 nitrogen and oxygen atoms in total. The third-order valence-electron chi connectivity index (χ3n) is 3.56. The van der Waals surface area contributed by atoms with Crippen molar-refractivity contribution in [1.29, 1.82) is 0 Å². The Morgan fingerprint density at radius 2 is 2.21 bits per heavy atom. The molecule has 104 valence electrons. The van der Waals surface area contributed by atoms with Crippen molar-refractivity contribution in [2.45, 2.75) is 19.8 Å². The lowest BCUT2D eigenvalue weighted by Gasteiger charge is -2.32. The quantitative estimate of drug-likeness (QED) is 0.648. The fourth-order valence-corrected chi connectivity index (χ4v) is 2.39. The maximum Gasteiger partial charge on any atom is 0.287 e. The summed E-state index contributed by atoms with van der Waals surface area (Å²) in [4.78, 5) is 16.5. The average Bonchev–Trinajstić information content (AvgIpc) is 2.46. The largest absolute Gasteiger partial charge is 0.357 e. The second kappa shape index (κ2) is 6.47. The van der Waals surface area contributed by atoms with Crippen LogP contribution in [-0.4, -0.2) is 36.1 Å². The maximum atomic E-state index is 10.6. The molecular weight excluding hydrogens is 244 g/mol. The smallest absolute Gasteiger partial charge is 0.287 e. The Balaban J connectivity index is 1.88. The number of pyridine rings is 1. The minimum absolute atomic E-state index is 0.0470. The van der Waals surface area contributed by atoms with Gasteiger partial charge in [-0.05, 0) is 37.9 Å². The predicted molar refractivity (Wildman–Crippen MR) is 74.4 cm³/mol. The number of hydrogen-bond donors (Lipinski definition) is 1. The fourth-order valence-electron chi connectivity index (χ4n) is 2.39. The number of hydrogen-bond acceptors (Lipinski definition) is 5. The third kappa shape index (κ3) is 3.64. The van der Waals surface area contributed by atoms with Crippen LogP contribution in [-0.2, 0) is 0 Å². The normalized spacial score (nSPS) is 16.6. The van der Waals surface area contributed by atoms with Gasteiger partial charge < -0.3 is 10.2 Å². The molecule has 1 aromatic rings. The summed E-state index contributed by atoms with van der Waals surface area (Å²) in [5.74, 6) is 1.57. The topological polar surface area (TPSA) is 71.3 Å². The minimum Gasteiger partial charge on any atom is -0.357 e. The monoisotopic (exact) mass is 264 g/mol. The highest BCUT2D eigenvalue weighted by Gasteiger charge is 2.20. The van der Waals surface area contributed by atoms with E-state index < -0.39 is 4.92 Å². The molecule has 0 aromatic carbocycles. The highest BCUT2D eigenvalue weighted by Crippen LogP contribution is 2.22. The van der Waals surface area contributed by atoms with E-state index in [0.29, 0.717) is 0 Å². The van der Waals surface area contributed by atoms with E-state index in [4.69, 9.17) is 0 Å². The molecule has 19 heavy (non-hydrogen) atoms. The lowest BCUT2D eigenvalue weighted by Crippen LogP contribution is -2.37. The number of nitro groups is 1. The second-order valence-corrected chi connectivity index (χ2v) is 4.87. The predicted octanol–water partition coefficient (Wildman–Crippen LogP) is 1.82. The van der Waals surface area contributed by atoms with Crippen LogP contribution in [0.25, 0.3) is 0 Å². The van der Waals surface area contributed by atoms with Crippen LogP contribution >= 0.6 is 0 Å². The molecule has 1 saturated heterocycles. The van der Waals surface area contributed by atoms with Crippen molar-refractivity contribution < 1.29 is 4.92 Å². The van der Waals surface area contributed by atoms with Crippen LogP contribution in [0.5, 0.6) is 0 Å². The SMILES string of the molecule is CCNCC1CCN(c2ccc([N+](=O)[O-])cn2)CC1. The summed E-state index contributed by atoms with van der Waals surface area (Å²) in [6, 6.07) is 3.26. The van der Waals surface area contributed by atoms with Crippen LogP contribution in [0.2, 0.25) is 0 Å². The first-order valence-electron chi connectivity index (χ1n) is 6.76. The van der Waals surface area contributed by atoms with Gasteiger partial charge in [0, 0.05) is 19.2 Å². The molecule has 0 bridgehead atoms. The Bertz CT molecular complexity index is 413. The molecule has 6 heteroatoms. The van der Waals surface area contributed by atoms with E-state index in [0.717, 1.165) is 50.8 Å².